The normalized spacial score (nSPS) is 18.0. The lowest BCUT2D eigenvalue weighted by molar-refractivity contribution is -0.121. The van der Waals surface area contributed by atoms with E-state index in [1.165, 1.54) is 0 Å². The molecule has 1 fully saturated rings. The third-order valence-corrected chi connectivity index (χ3v) is 7.26. The minimum Gasteiger partial charge on any atom is -0.493 e. The number of thioether (sulfide) groups is 1. The van der Waals surface area contributed by atoms with Crippen LogP contribution in [0.3, 0.4) is 0 Å². The second-order valence-electron chi connectivity index (χ2n) is 10.5. The minimum absolute atomic E-state index is 0.130. The van der Waals surface area contributed by atoms with E-state index in [0.29, 0.717) is 25.4 Å². The number of aryl methyl sites for hydroxylation is 1. The number of aromatic nitrogens is 1. The van der Waals surface area contributed by atoms with Crippen LogP contribution in [-0.2, 0) is 22.4 Å². The Labute approximate surface area is 216 Å². The van der Waals surface area contributed by atoms with Gasteiger partial charge in [0.1, 0.15) is 16.2 Å². The molecule has 0 bridgehead atoms. The summed E-state index contributed by atoms with van der Waals surface area (Å²) >= 11 is 0.998. The quantitative estimate of drug-likeness (QED) is 0.315. The van der Waals surface area contributed by atoms with Crippen molar-refractivity contribution >= 4 is 33.9 Å². The molecule has 0 saturated carbocycles. The van der Waals surface area contributed by atoms with Gasteiger partial charge in [-0.25, -0.2) is 0 Å². The number of hydrogen-bond donors (Lipinski definition) is 1. The van der Waals surface area contributed by atoms with Crippen LogP contribution in [0.4, 0.5) is 4.79 Å². The molecule has 1 saturated heterocycles. The first-order chi connectivity index (χ1) is 17.1. The molecule has 1 unspecified atom stereocenters. The molecule has 0 spiro atoms. The van der Waals surface area contributed by atoms with Gasteiger partial charge in [0.2, 0.25) is 5.91 Å². The molecule has 1 aromatic heterocycles. The molecular formula is C28H34N2O5S. The molecule has 36 heavy (non-hydrogen) atoms. The van der Waals surface area contributed by atoms with Crippen molar-refractivity contribution in [3.8, 4) is 11.5 Å². The number of amides is 2. The first-order valence-electron chi connectivity index (χ1n) is 12.4. The van der Waals surface area contributed by atoms with Crippen LogP contribution in [0.25, 0.3) is 11.0 Å². The molecule has 3 aromatic rings. The monoisotopic (exact) mass is 510 g/mol. The summed E-state index contributed by atoms with van der Waals surface area (Å²) in [5.74, 6) is 1.25. The highest BCUT2D eigenvalue weighted by Gasteiger charge is 2.45. The molecule has 0 radical (unpaired) electrons. The third kappa shape index (κ3) is 5.69. The number of carbonyl (C=O) groups is 2. The van der Waals surface area contributed by atoms with Crippen molar-refractivity contribution in [2.45, 2.75) is 65.0 Å². The number of carbonyl (C=O) groups excluding carboxylic acids is 2. The summed E-state index contributed by atoms with van der Waals surface area (Å²) < 4.78 is 16.8. The SMILES string of the molecule is CCCc1c(OCCCOc2ccc(C3(C)SC(=O)NC3=O)cc2)ccc2c(CC(C)(C)C)noc12. The molecule has 1 aliphatic rings. The van der Waals surface area contributed by atoms with Gasteiger partial charge in [0, 0.05) is 17.4 Å². The highest BCUT2D eigenvalue weighted by atomic mass is 32.2. The first-order valence-corrected chi connectivity index (χ1v) is 13.2. The number of nitrogens with zero attached hydrogens (tertiary/aromatic N) is 1. The fourth-order valence-electron chi connectivity index (χ4n) is 4.30. The summed E-state index contributed by atoms with van der Waals surface area (Å²) in [6.07, 6.45) is 3.41. The van der Waals surface area contributed by atoms with E-state index in [2.05, 4.69) is 44.2 Å². The molecule has 1 N–H and O–H groups in total. The molecular weight excluding hydrogens is 476 g/mol. The Balaban J connectivity index is 1.33. The Morgan fingerprint density at radius 3 is 2.42 bits per heavy atom. The van der Waals surface area contributed by atoms with Gasteiger partial charge in [-0.05, 0) is 66.8 Å². The number of rotatable bonds is 10. The van der Waals surface area contributed by atoms with E-state index in [4.69, 9.17) is 14.0 Å². The van der Waals surface area contributed by atoms with Crippen LogP contribution in [0.1, 0.15) is 64.3 Å². The molecule has 7 nitrogen and oxygen atoms in total. The van der Waals surface area contributed by atoms with E-state index in [0.717, 1.165) is 64.6 Å². The van der Waals surface area contributed by atoms with Crippen molar-refractivity contribution in [2.75, 3.05) is 13.2 Å². The first kappa shape index (κ1) is 26.1. The van der Waals surface area contributed by atoms with Gasteiger partial charge in [-0.1, -0.05) is 51.4 Å². The van der Waals surface area contributed by atoms with E-state index in [9.17, 15) is 9.59 Å². The highest BCUT2D eigenvalue weighted by Crippen LogP contribution is 2.41. The van der Waals surface area contributed by atoms with Gasteiger partial charge in [0.15, 0.2) is 5.58 Å². The summed E-state index contributed by atoms with van der Waals surface area (Å²) in [6.45, 7) is 11.5. The highest BCUT2D eigenvalue weighted by molar-refractivity contribution is 8.15. The lowest BCUT2D eigenvalue weighted by atomic mass is 9.89. The Hall–Kier alpha value is -3.00. The van der Waals surface area contributed by atoms with Crippen LogP contribution in [0, 0.1) is 5.41 Å². The van der Waals surface area contributed by atoms with Crippen molar-refractivity contribution in [1.82, 2.24) is 10.5 Å². The summed E-state index contributed by atoms with van der Waals surface area (Å²) in [6, 6.07) is 11.4. The maximum Gasteiger partial charge on any atom is 0.287 e. The van der Waals surface area contributed by atoms with Gasteiger partial charge >= 0.3 is 0 Å². The van der Waals surface area contributed by atoms with Crippen molar-refractivity contribution < 1.29 is 23.6 Å². The number of imide groups is 1. The molecule has 4 rings (SSSR count). The van der Waals surface area contributed by atoms with Gasteiger partial charge < -0.3 is 14.0 Å². The molecule has 192 valence electrons. The van der Waals surface area contributed by atoms with Gasteiger partial charge in [-0.2, -0.15) is 0 Å². The number of hydrogen-bond acceptors (Lipinski definition) is 7. The lowest BCUT2D eigenvalue weighted by Crippen LogP contribution is -2.31. The largest absolute Gasteiger partial charge is 0.493 e. The zero-order chi connectivity index (χ0) is 25.9. The summed E-state index contributed by atoms with van der Waals surface area (Å²) in [5, 5.41) is 7.45. The smallest absolute Gasteiger partial charge is 0.287 e. The number of ether oxygens (including phenoxy) is 2. The van der Waals surface area contributed by atoms with E-state index in [1.807, 2.05) is 30.3 Å². The van der Waals surface area contributed by atoms with Gasteiger partial charge in [0.05, 0.1) is 18.9 Å². The van der Waals surface area contributed by atoms with Crippen LogP contribution in [-0.4, -0.2) is 29.5 Å². The molecule has 1 aliphatic heterocycles. The summed E-state index contributed by atoms with van der Waals surface area (Å²) in [4.78, 5) is 23.7. The van der Waals surface area contributed by atoms with Crippen molar-refractivity contribution in [2.24, 2.45) is 5.41 Å². The van der Waals surface area contributed by atoms with E-state index in [-0.39, 0.29) is 16.6 Å². The zero-order valence-electron chi connectivity index (χ0n) is 21.6. The average Bonchev–Trinajstić information content (AvgIpc) is 3.33. The molecule has 8 heteroatoms. The Kier molecular flexibility index (Phi) is 7.64. The van der Waals surface area contributed by atoms with Gasteiger partial charge in [0.25, 0.3) is 5.24 Å². The maximum atomic E-state index is 12.1. The second kappa shape index (κ2) is 10.5. The van der Waals surface area contributed by atoms with Crippen molar-refractivity contribution in [3.63, 3.8) is 0 Å². The average molecular weight is 511 g/mol. The molecule has 2 amide bonds. The van der Waals surface area contributed by atoms with E-state index >= 15 is 0 Å². The minimum atomic E-state index is -0.905. The summed E-state index contributed by atoms with van der Waals surface area (Å²) in [7, 11) is 0. The summed E-state index contributed by atoms with van der Waals surface area (Å²) in [5.41, 5.74) is 3.79. The topological polar surface area (TPSA) is 90.7 Å². The lowest BCUT2D eigenvalue weighted by Gasteiger charge is -2.19. The fourth-order valence-corrected chi connectivity index (χ4v) is 5.21. The zero-order valence-corrected chi connectivity index (χ0v) is 22.4. The predicted molar refractivity (Wildman–Crippen MR) is 142 cm³/mol. The Bertz CT molecular complexity index is 1250. The number of nitrogens with one attached hydrogen (secondary N) is 1. The molecule has 0 aliphatic carbocycles. The Morgan fingerprint density at radius 2 is 1.78 bits per heavy atom. The van der Waals surface area contributed by atoms with E-state index in [1.54, 1.807) is 6.92 Å². The van der Waals surface area contributed by atoms with Crippen LogP contribution in [0.5, 0.6) is 11.5 Å². The fraction of sp³-hybridized carbons (Fsp3) is 0.464. The van der Waals surface area contributed by atoms with Crippen LogP contribution < -0.4 is 14.8 Å². The van der Waals surface area contributed by atoms with Gasteiger partial charge in [-0.15, -0.1) is 0 Å². The van der Waals surface area contributed by atoms with Gasteiger partial charge in [-0.3, -0.25) is 14.9 Å². The molecule has 2 heterocycles. The number of benzene rings is 2. The second-order valence-corrected chi connectivity index (χ2v) is 11.9. The third-order valence-electron chi connectivity index (χ3n) is 6.14. The standard InChI is InChI=1S/C28H34N2O5S/c1-6-8-21-23(14-13-20-22(17-27(2,3)4)30-35-24(20)21)34-16-7-15-33-19-11-9-18(10-12-19)28(5)25(31)29-26(32)36-28/h9-14H,6-8,15-17H2,1-5H3,(H,29,31,32). The van der Waals surface area contributed by atoms with Crippen LogP contribution >= 0.6 is 11.8 Å². The van der Waals surface area contributed by atoms with Crippen LogP contribution in [0.2, 0.25) is 0 Å². The van der Waals surface area contributed by atoms with Crippen molar-refractivity contribution in [3.05, 3.63) is 53.2 Å². The predicted octanol–water partition coefficient (Wildman–Crippen LogP) is 6.42. The Morgan fingerprint density at radius 1 is 1.06 bits per heavy atom. The number of fused-ring (bicyclic) bond motifs is 1. The molecule has 1 atom stereocenters. The van der Waals surface area contributed by atoms with E-state index < -0.39 is 4.75 Å². The van der Waals surface area contributed by atoms with Crippen LogP contribution in [0.15, 0.2) is 40.9 Å². The maximum absolute atomic E-state index is 12.1. The molecule has 2 aromatic carbocycles. The van der Waals surface area contributed by atoms with Crippen molar-refractivity contribution in [1.29, 1.82) is 0 Å².